The summed E-state index contributed by atoms with van der Waals surface area (Å²) in [6, 6.07) is 6.85. The highest BCUT2D eigenvalue weighted by Crippen LogP contribution is 2.20. The van der Waals surface area contributed by atoms with Crippen LogP contribution in [0.1, 0.15) is 5.69 Å². The second-order valence-electron chi connectivity index (χ2n) is 3.29. The number of halogens is 1. The van der Waals surface area contributed by atoms with E-state index in [0.29, 0.717) is 5.16 Å². The van der Waals surface area contributed by atoms with Crippen molar-refractivity contribution in [1.82, 2.24) is 15.0 Å². The topological polar surface area (TPSA) is 79.1 Å². The predicted octanol–water partition coefficient (Wildman–Crippen LogP) is 2.04. The molecule has 0 aromatic carbocycles. The average Bonchev–Trinajstić information content (AvgIpc) is 2.29. The van der Waals surface area contributed by atoms with Crippen LogP contribution in [-0.4, -0.2) is 30.9 Å². The quantitative estimate of drug-likeness (QED) is 0.661. The molecule has 0 atom stereocenters. The van der Waals surface area contributed by atoms with Crippen molar-refractivity contribution in [3.05, 3.63) is 36.2 Å². The van der Waals surface area contributed by atoms with Gasteiger partial charge in [0.2, 0.25) is 11.8 Å². The number of aromatic nitrogens is 3. The Labute approximate surface area is 115 Å². The van der Waals surface area contributed by atoms with Crippen LogP contribution in [0.15, 0.2) is 35.6 Å². The van der Waals surface area contributed by atoms with E-state index in [-0.39, 0.29) is 24.2 Å². The minimum atomic E-state index is -0.224. The highest BCUT2D eigenvalue weighted by atomic mass is 35.5. The van der Waals surface area contributed by atoms with Gasteiger partial charge < -0.3 is 10.2 Å². The number of hydrogen-bond donors (Lipinski definition) is 2. The Kier molecular flexibility index (Phi) is 5.67. The maximum absolute atomic E-state index is 9.17. The minimum Gasteiger partial charge on any atom is -0.493 e. The summed E-state index contributed by atoms with van der Waals surface area (Å²) in [5.41, 5.74) is 0.990. The van der Waals surface area contributed by atoms with E-state index in [1.807, 2.05) is 18.2 Å². The predicted molar refractivity (Wildman–Crippen MR) is 71.3 cm³/mol. The average molecular weight is 286 g/mol. The van der Waals surface area contributed by atoms with E-state index in [1.165, 1.54) is 11.8 Å². The summed E-state index contributed by atoms with van der Waals surface area (Å²) >= 11 is 1.36. The lowest BCUT2D eigenvalue weighted by Gasteiger charge is -2.01. The highest BCUT2D eigenvalue weighted by molar-refractivity contribution is 7.99. The first-order valence-electron chi connectivity index (χ1n) is 5.04. The zero-order chi connectivity index (χ0) is 12.1. The van der Waals surface area contributed by atoms with Crippen LogP contribution in [0.3, 0.4) is 0 Å². The van der Waals surface area contributed by atoms with Crippen LogP contribution in [0.2, 0.25) is 0 Å². The first-order valence-corrected chi connectivity index (χ1v) is 6.02. The molecule has 2 aromatic rings. The van der Waals surface area contributed by atoms with Gasteiger partial charge in [-0.3, -0.25) is 4.98 Å². The summed E-state index contributed by atoms with van der Waals surface area (Å²) in [4.78, 5) is 11.8. The molecule has 0 aliphatic heterocycles. The Morgan fingerprint density at radius 3 is 2.44 bits per heavy atom. The Hall–Kier alpha value is -1.53. The van der Waals surface area contributed by atoms with Crippen molar-refractivity contribution in [2.45, 2.75) is 11.6 Å². The van der Waals surface area contributed by atoms with Crippen molar-refractivity contribution < 1.29 is 10.2 Å². The van der Waals surface area contributed by atoms with Gasteiger partial charge in [-0.25, -0.2) is 0 Å². The van der Waals surface area contributed by atoms with Gasteiger partial charge in [0, 0.05) is 17.6 Å². The van der Waals surface area contributed by atoms with E-state index in [4.69, 9.17) is 0 Å². The van der Waals surface area contributed by atoms with Crippen molar-refractivity contribution in [3.8, 4) is 11.8 Å². The van der Waals surface area contributed by atoms with E-state index in [0.717, 1.165) is 23.9 Å². The minimum absolute atomic E-state index is 0. The second-order valence-corrected chi connectivity index (χ2v) is 4.35. The normalized spacial score (nSPS) is 9.78. The number of rotatable bonds is 4. The van der Waals surface area contributed by atoms with Crippen LogP contribution in [0.25, 0.3) is 0 Å². The molecule has 2 rings (SSSR count). The molecule has 96 valence electrons. The molecule has 0 spiro atoms. The number of thioether (sulfide) groups is 1. The molecule has 2 heterocycles. The summed E-state index contributed by atoms with van der Waals surface area (Å²) in [7, 11) is 0. The monoisotopic (exact) mass is 285 g/mol. The van der Waals surface area contributed by atoms with E-state index in [9.17, 15) is 10.2 Å². The summed E-state index contributed by atoms with van der Waals surface area (Å²) in [6.07, 6.45) is 2.53. The number of aryl methyl sites for hydroxylation is 1. The van der Waals surface area contributed by atoms with Crippen LogP contribution in [0.4, 0.5) is 0 Å². The lowest BCUT2D eigenvalue weighted by Crippen LogP contribution is -1.93. The Morgan fingerprint density at radius 2 is 1.83 bits per heavy atom. The van der Waals surface area contributed by atoms with Gasteiger partial charge in [-0.2, -0.15) is 9.97 Å². The zero-order valence-electron chi connectivity index (χ0n) is 9.35. The standard InChI is InChI=1S/C11H11N3O2S.ClH/c15-9-7-10(16)14-11(13-9)17-6-4-8-3-1-2-5-12-8;/h1-3,5,7H,4,6H2,(H2,13,14,15,16);1H. The molecule has 2 aromatic heterocycles. The van der Waals surface area contributed by atoms with Crippen molar-refractivity contribution in [2.75, 3.05) is 5.75 Å². The number of pyridine rings is 1. The number of hydrogen-bond acceptors (Lipinski definition) is 6. The summed E-state index contributed by atoms with van der Waals surface area (Å²) < 4.78 is 0. The Bertz CT molecular complexity index is 479. The summed E-state index contributed by atoms with van der Waals surface area (Å²) in [6.45, 7) is 0. The lowest BCUT2D eigenvalue weighted by molar-refractivity contribution is 0.411. The first-order chi connectivity index (χ1) is 8.24. The van der Waals surface area contributed by atoms with Gasteiger partial charge in [-0.1, -0.05) is 17.8 Å². The molecule has 2 N–H and O–H groups in total. The van der Waals surface area contributed by atoms with E-state index >= 15 is 0 Å². The van der Waals surface area contributed by atoms with Crippen LogP contribution in [0, 0.1) is 0 Å². The fourth-order valence-corrected chi connectivity index (χ4v) is 2.07. The van der Waals surface area contributed by atoms with Crippen LogP contribution in [-0.2, 0) is 6.42 Å². The molecule has 0 fully saturated rings. The fourth-order valence-electron chi connectivity index (χ4n) is 1.26. The maximum Gasteiger partial charge on any atom is 0.218 e. The van der Waals surface area contributed by atoms with Crippen molar-refractivity contribution >= 4 is 24.2 Å². The van der Waals surface area contributed by atoms with Gasteiger partial charge in [0.05, 0.1) is 6.07 Å². The fraction of sp³-hybridized carbons (Fsp3) is 0.182. The third-order valence-electron chi connectivity index (χ3n) is 1.99. The third-order valence-corrected chi connectivity index (χ3v) is 2.84. The molecule has 5 nitrogen and oxygen atoms in total. The lowest BCUT2D eigenvalue weighted by atomic mass is 10.3. The Balaban J connectivity index is 0.00000162. The molecule has 7 heteroatoms. The molecular formula is C11H12ClN3O2S. The molecule has 0 unspecified atom stereocenters. The molecular weight excluding hydrogens is 274 g/mol. The molecule has 0 aliphatic rings. The second kappa shape index (κ2) is 7.03. The molecule has 0 amide bonds. The van der Waals surface area contributed by atoms with Gasteiger partial charge in [0.25, 0.3) is 0 Å². The molecule has 0 radical (unpaired) electrons. The van der Waals surface area contributed by atoms with Crippen molar-refractivity contribution in [1.29, 1.82) is 0 Å². The van der Waals surface area contributed by atoms with Gasteiger partial charge in [-0.05, 0) is 18.6 Å². The summed E-state index contributed by atoms with van der Waals surface area (Å²) in [5, 5.41) is 18.7. The highest BCUT2D eigenvalue weighted by Gasteiger charge is 2.03. The molecule has 18 heavy (non-hydrogen) atoms. The third kappa shape index (κ3) is 4.38. The van der Waals surface area contributed by atoms with Gasteiger partial charge in [0.15, 0.2) is 5.16 Å². The van der Waals surface area contributed by atoms with Crippen molar-refractivity contribution in [2.24, 2.45) is 0 Å². The SMILES string of the molecule is Cl.Oc1cc(O)nc(SCCc2ccccn2)n1. The van der Waals surface area contributed by atoms with E-state index < -0.39 is 0 Å². The van der Waals surface area contributed by atoms with Crippen LogP contribution in [0.5, 0.6) is 11.8 Å². The number of aromatic hydroxyl groups is 2. The first kappa shape index (κ1) is 14.5. The van der Waals surface area contributed by atoms with Gasteiger partial charge in [0.1, 0.15) is 0 Å². The molecule has 0 aliphatic carbocycles. The smallest absolute Gasteiger partial charge is 0.218 e. The molecule has 0 bridgehead atoms. The molecule has 0 saturated heterocycles. The molecule has 0 saturated carbocycles. The van der Waals surface area contributed by atoms with Gasteiger partial charge in [-0.15, -0.1) is 12.4 Å². The number of nitrogens with zero attached hydrogens (tertiary/aromatic N) is 3. The van der Waals surface area contributed by atoms with E-state index in [1.54, 1.807) is 6.20 Å². The van der Waals surface area contributed by atoms with E-state index in [2.05, 4.69) is 15.0 Å². The largest absolute Gasteiger partial charge is 0.493 e. The van der Waals surface area contributed by atoms with Crippen LogP contribution < -0.4 is 0 Å². The maximum atomic E-state index is 9.17. The van der Waals surface area contributed by atoms with Gasteiger partial charge >= 0.3 is 0 Å². The zero-order valence-corrected chi connectivity index (χ0v) is 11.0. The van der Waals surface area contributed by atoms with Crippen molar-refractivity contribution in [3.63, 3.8) is 0 Å². The van der Waals surface area contributed by atoms with Crippen LogP contribution >= 0.6 is 24.2 Å². The summed E-state index contributed by atoms with van der Waals surface area (Å²) in [5.74, 6) is 0.288. The Morgan fingerprint density at radius 1 is 1.11 bits per heavy atom.